The second-order valence-corrected chi connectivity index (χ2v) is 10.8. The standard InChI is InChI=1S/C19H24F3N5O3S2/c1-23-18(28)13-11-31-17-14(19(20,21)22)10-15(25-16(13)17)26-5-7-27(8-6-26)32(29,30)9-4-24-12-2-3-12/h10-12,24H,2-9H2,1H3,(H,23,28). The molecule has 2 aromatic rings. The second-order valence-electron chi connectivity index (χ2n) is 7.86. The normalized spacial score (nSPS) is 18.3. The van der Waals surface area contributed by atoms with Crippen LogP contribution in [0, 0.1) is 0 Å². The zero-order chi connectivity index (χ0) is 23.1. The maximum Gasteiger partial charge on any atom is 0.417 e. The van der Waals surface area contributed by atoms with Crippen molar-refractivity contribution in [2.45, 2.75) is 25.1 Å². The molecule has 0 unspecified atom stereocenters. The average molecular weight is 492 g/mol. The van der Waals surface area contributed by atoms with Gasteiger partial charge < -0.3 is 15.5 Å². The molecule has 0 radical (unpaired) electrons. The zero-order valence-electron chi connectivity index (χ0n) is 17.4. The summed E-state index contributed by atoms with van der Waals surface area (Å²) in [5.41, 5.74) is -0.761. The van der Waals surface area contributed by atoms with E-state index in [2.05, 4.69) is 15.6 Å². The number of hydrogen-bond acceptors (Lipinski definition) is 7. The molecular weight excluding hydrogens is 467 g/mol. The summed E-state index contributed by atoms with van der Waals surface area (Å²) in [6, 6.07) is 1.40. The monoisotopic (exact) mass is 491 g/mol. The molecule has 0 aromatic carbocycles. The van der Waals surface area contributed by atoms with Crippen LogP contribution in [-0.4, -0.2) is 75.2 Å². The SMILES string of the molecule is CNC(=O)c1csc2c(C(F)(F)F)cc(N3CCN(S(=O)(=O)CCNC4CC4)CC3)nc12. The summed E-state index contributed by atoms with van der Waals surface area (Å²) in [5, 5.41) is 6.97. The lowest BCUT2D eigenvalue weighted by Gasteiger charge is -2.35. The Morgan fingerprint density at radius 3 is 2.53 bits per heavy atom. The topological polar surface area (TPSA) is 94.6 Å². The van der Waals surface area contributed by atoms with E-state index in [1.807, 2.05) is 0 Å². The van der Waals surface area contributed by atoms with Crippen LogP contribution >= 0.6 is 11.3 Å². The molecule has 0 spiro atoms. The van der Waals surface area contributed by atoms with E-state index < -0.39 is 27.7 Å². The van der Waals surface area contributed by atoms with Crippen LogP contribution in [0.5, 0.6) is 0 Å². The number of carbonyl (C=O) groups excluding carboxylic acids is 1. The minimum absolute atomic E-state index is 0.000349. The van der Waals surface area contributed by atoms with Gasteiger partial charge in [-0.2, -0.15) is 17.5 Å². The predicted molar refractivity (Wildman–Crippen MR) is 117 cm³/mol. The quantitative estimate of drug-likeness (QED) is 0.614. The molecule has 2 aliphatic rings. The van der Waals surface area contributed by atoms with E-state index in [-0.39, 0.29) is 53.5 Å². The number of alkyl halides is 3. The van der Waals surface area contributed by atoms with Crippen LogP contribution in [-0.2, 0) is 16.2 Å². The molecule has 8 nitrogen and oxygen atoms in total. The first kappa shape index (κ1) is 23.2. The first-order chi connectivity index (χ1) is 15.1. The van der Waals surface area contributed by atoms with Crippen molar-refractivity contribution in [1.82, 2.24) is 19.9 Å². The largest absolute Gasteiger partial charge is 0.417 e. The minimum Gasteiger partial charge on any atom is -0.355 e. The van der Waals surface area contributed by atoms with Crippen LogP contribution < -0.4 is 15.5 Å². The third-order valence-corrected chi connectivity index (χ3v) is 8.49. The summed E-state index contributed by atoms with van der Waals surface area (Å²) in [6.45, 7) is 1.15. The van der Waals surface area contributed by atoms with E-state index in [4.69, 9.17) is 0 Å². The van der Waals surface area contributed by atoms with E-state index in [0.717, 1.165) is 30.2 Å². The lowest BCUT2D eigenvalue weighted by molar-refractivity contribution is -0.136. The fraction of sp³-hybridized carbons (Fsp3) is 0.579. The third kappa shape index (κ3) is 4.85. The van der Waals surface area contributed by atoms with E-state index in [1.54, 1.807) is 4.90 Å². The molecule has 1 saturated heterocycles. The third-order valence-electron chi connectivity index (χ3n) is 5.61. The smallest absolute Gasteiger partial charge is 0.355 e. The minimum atomic E-state index is -4.61. The number of halogens is 3. The maximum atomic E-state index is 13.7. The number of anilines is 1. The molecule has 1 saturated carbocycles. The van der Waals surface area contributed by atoms with Crippen molar-refractivity contribution in [1.29, 1.82) is 0 Å². The number of sulfonamides is 1. The Balaban J connectivity index is 1.54. The molecule has 0 atom stereocenters. The number of aromatic nitrogens is 1. The van der Waals surface area contributed by atoms with E-state index in [1.165, 1.54) is 16.7 Å². The summed E-state index contributed by atoms with van der Waals surface area (Å²) in [7, 11) is -2.04. The Bertz CT molecular complexity index is 1110. The Morgan fingerprint density at radius 1 is 1.25 bits per heavy atom. The highest BCUT2D eigenvalue weighted by Crippen LogP contribution is 2.40. The first-order valence-corrected chi connectivity index (χ1v) is 12.8. The van der Waals surface area contributed by atoms with Gasteiger partial charge in [0.15, 0.2) is 0 Å². The van der Waals surface area contributed by atoms with Gasteiger partial charge in [0.1, 0.15) is 5.82 Å². The number of pyridine rings is 1. The molecular formula is C19H24F3N5O3S2. The van der Waals surface area contributed by atoms with Crippen LogP contribution in [0.2, 0.25) is 0 Å². The number of carbonyl (C=O) groups is 1. The molecule has 0 bridgehead atoms. The molecule has 1 aliphatic carbocycles. The van der Waals surface area contributed by atoms with Crippen LogP contribution in [0.3, 0.4) is 0 Å². The first-order valence-electron chi connectivity index (χ1n) is 10.3. The molecule has 2 N–H and O–H groups in total. The highest BCUT2D eigenvalue weighted by atomic mass is 32.2. The Kier molecular flexibility index (Phi) is 6.36. The van der Waals surface area contributed by atoms with Gasteiger partial charge in [0, 0.05) is 51.2 Å². The average Bonchev–Trinajstić information content (AvgIpc) is 3.48. The number of rotatable bonds is 7. The summed E-state index contributed by atoms with van der Waals surface area (Å²) >= 11 is 0.829. The fourth-order valence-electron chi connectivity index (χ4n) is 3.67. The zero-order valence-corrected chi connectivity index (χ0v) is 19.0. The van der Waals surface area contributed by atoms with Gasteiger partial charge in [0.05, 0.1) is 27.1 Å². The molecule has 1 amide bonds. The molecule has 176 valence electrons. The second kappa shape index (κ2) is 8.76. The summed E-state index contributed by atoms with van der Waals surface area (Å²) < 4.78 is 67.6. The number of hydrogen-bond donors (Lipinski definition) is 2. The summed E-state index contributed by atoms with van der Waals surface area (Å²) in [6.07, 6.45) is -2.47. The van der Waals surface area contributed by atoms with Gasteiger partial charge in [-0.05, 0) is 18.9 Å². The maximum absolute atomic E-state index is 13.7. The number of thiophene rings is 1. The van der Waals surface area contributed by atoms with Crippen molar-refractivity contribution in [2.75, 3.05) is 50.4 Å². The molecule has 1 aliphatic heterocycles. The predicted octanol–water partition coefficient (Wildman–Crippen LogP) is 1.88. The highest BCUT2D eigenvalue weighted by molar-refractivity contribution is 7.89. The summed E-state index contributed by atoms with van der Waals surface area (Å²) in [5.74, 6) is -0.429. The Hall–Kier alpha value is -1.96. The highest BCUT2D eigenvalue weighted by Gasteiger charge is 2.36. The van der Waals surface area contributed by atoms with Crippen molar-refractivity contribution in [3.8, 4) is 0 Å². The van der Waals surface area contributed by atoms with Gasteiger partial charge in [-0.3, -0.25) is 4.79 Å². The number of nitrogens with one attached hydrogen (secondary N) is 2. The molecule has 13 heteroatoms. The van der Waals surface area contributed by atoms with E-state index >= 15 is 0 Å². The van der Waals surface area contributed by atoms with Crippen LogP contribution in [0.1, 0.15) is 28.8 Å². The molecule has 32 heavy (non-hydrogen) atoms. The Morgan fingerprint density at radius 2 is 1.94 bits per heavy atom. The van der Waals surface area contributed by atoms with Gasteiger partial charge in [-0.1, -0.05) is 0 Å². The van der Waals surface area contributed by atoms with Crippen LogP contribution in [0.25, 0.3) is 10.2 Å². The summed E-state index contributed by atoms with van der Waals surface area (Å²) in [4.78, 5) is 18.1. The van der Waals surface area contributed by atoms with Gasteiger partial charge in [-0.15, -0.1) is 11.3 Å². The number of fused-ring (bicyclic) bond motifs is 1. The fourth-order valence-corrected chi connectivity index (χ4v) is 6.04. The molecule has 2 aromatic heterocycles. The van der Waals surface area contributed by atoms with Gasteiger partial charge in [0.25, 0.3) is 5.91 Å². The lowest BCUT2D eigenvalue weighted by Crippen LogP contribution is -2.50. The van der Waals surface area contributed by atoms with Gasteiger partial charge >= 0.3 is 6.18 Å². The Labute approximate surface area is 187 Å². The van der Waals surface area contributed by atoms with E-state index in [9.17, 15) is 26.4 Å². The number of piperazine rings is 1. The van der Waals surface area contributed by atoms with Crippen LogP contribution in [0.15, 0.2) is 11.4 Å². The number of nitrogens with zero attached hydrogens (tertiary/aromatic N) is 3. The van der Waals surface area contributed by atoms with Crippen molar-refractivity contribution >= 4 is 43.3 Å². The van der Waals surface area contributed by atoms with Crippen molar-refractivity contribution in [2.24, 2.45) is 0 Å². The van der Waals surface area contributed by atoms with Crippen molar-refractivity contribution in [3.63, 3.8) is 0 Å². The molecule has 4 rings (SSSR count). The number of amides is 1. The van der Waals surface area contributed by atoms with Gasteiger partial charge in [0.2, 0.25) is 10.0 Å². The lowest BCUT2D eigenvalue weighted by atomic mass is 10.1. The van der Waals surface area contributed by atoms with Crippen molar-refractivity contribution in [3.05, 3.63) is 22.6 Å². The van der Waals surface area contributed by atoms with Gasteiger partial charge in [-0.25, -0.2) is 13.4 Å². The van der Waals surface area contributed by atoms with Crippen LogP contribution in [0.4, 0.5) is 19.0 Å². The molecule has 2 fully saturated rings. The molecule has 3 heterocycles. The van der Waals surface area contributed by atoms with E-state index in [0.29, 0.717) is 12.6 Å². The van der Waals surface area contributed by atoms with Crippen molar-refractivity contribution < 1.29 is 26.4 Å².